The van der Waals surface area contributed by atoms with Gasteiger partial charge in [-0.3, -0.25) is 9.52 Å². The highest BCUT2D eigenvalue weighted by Gasteiger charge is 2.17. The number of sulfonamides is 1. The lowest BCUT2D eigenvalue weighted by atomic mass is 10.1. The largest absolute Gasteiger partial charge is 0.491 e. The van der Waals surface area contributed by atoms with E-state index in [0.717, 1.165) is 22.4 Å². The van der Waals surface area contributed by atoms with Gasteiger partial charge in [-0.15, -0.1) is 0 Å². The van der Waals surface area contributed by atoms with Crippen molar-refractivity contribution >= 4 is 33.2 Å². The molecule has 0 heterocycles. The van der Waals surface area contributed by atoms with Gasteiger partial charge in [0.05, 0.1) is 22.0 Å². The van der Waals surface area contributed by atoms with E-state index in [-0.39, 0.29) is 34.3 Å². The molecule has 0 aliphatic carbocycles. The number of anilines is 1. The third-order valence-electron chi connectivity index (χ3n) is 4.77. The van der Waals surface area contributed by atoms with Crippen LogP contribution in [0, 0.1) is 20.8 Å². The number of aryl methyl sites for hydroxylation is 3. The van der Waals surface area contributed by atoms with Gasteiger partial charge in [-0.2, -0.15) is 0 Å². The molecule has 32 heavy (non-hydrogen) atoms. The summed E-state index contributed by atoms with van der Waals surface area (Å²) >= 11 is 6.17. The smallest absolute Gasteiger partial charge is 0.261 e. The van der Waals surface area contributed by atoms with Crippen LogP contribution in [0.1, 0.15) is 27.0 Å². The highest BCUT2D eigenvalue weighted by molar-refractivity contribution is 7.92. The summed E-state index contributed by atoms with van der Waals surface area (Å²) in [6.45, 7) is 6.40. The van der Waals surface area contributed by atoms with E-state index in [9.17, 15) is 13.2 Å². The van der Waals surface area contributed by atoms with Gasteiger partial charge < -0.3 is 10.1 Å². The maximum absolute atomic E-state index is 12.6. The van der Waals surface area contributed by atoms with Crippen molar-refractivity contribution < 1.29 is 17.9 Å². The number of rotatable bonds is 8. The van der Waals surface area contributed by atoms with E-state index < -0.39 is 15.9 Å². The van der Waals surface area contributed by atoms with Crippen LogP contribution in [0.25, 0.3) is 0 Å². The first-order valence-corrected chi connectivity index (χ1v) is 11.9. The van der Waals surface area contributed by atoms with E-state index in [1.54, 1.807) is 12.1 Å². The van der Waals surface area contributed by atoms with Crippen LogP contribution in [0.5, 0.6) is 5.75 Å². The summed E-state index contributed by atoms with van der Waals surface area (Å²) in [4.78, 5) is 12.7. The SMILES string of the molecule is Cc1ccc(S(=O)(=O)Nc2ccc(Cl)c(C(=O)NCCOc3ccc(C)cc3C)c2)cc1. The topological polar surface area (TPSA) is 84.5 Å². The molecular weight excluding hydrogens is 448 g/mol. The predicted octanol–water partition coefficient (Wildman–Crippen LogP) is 4.87. The van der Waals surface area contributed by atoms with Gasteiger partial charge in [0, 0.05) is 5.69 Å². The van der Waals surface area contributed by atoms with Crippen LogP contribution in [0.15, 0.2) is 65.6 Å². The molecule has 0 unspecified atom stereocenters. The standard InChI is InChI=1S/C24H25ClN2O4S/c1-16-4-8-20(9-5-16)32(29,30)27-19-7-10-22(25)21(15-19)24(28)26-12-13-31-23-11-6-17(2)14-18(23)3/h4-11,14-15,27H,12-13H2,1-3H3,(H,26,28). The fraction of sp³-hybridized carbons (Fsp3) is 0.208. The van der Waals surface area contributed by atoms with E-state index in [1.165, 1.54) is 30.3 Å². The number of ether oxygens (including phenoxy) is 1. The number of hydrogen-bond acceptors (Lipinski definition) is 4. The molecule has 0 aromatic heterocycles. The molecule has 8 heteroatoms. The maximum Gasteiger partial charge on any atom is 0.261 e. The Balaban J connectivity index is 1.63. The van der Waals surface area contributed by atoms with Crippen LogP contribution in [0.2, 0.25) is 5.02 Å². The minimum Gasteiger partial charge on any atom is -0.491 e. The summed E-state index contributed by atoms with van der Waals surface area (Å²) in [7, 11) is -3.79. The molecule has 3 rings (SSSR count). The summed E-state index contributed by atoms with van der Waals surface area (Å²) in [5, 5.41) is 2.96. The second-order valence-electron chi connectivity index (χ2n) is 7.49. The van der Waals surface area contributed by atoms with Crippen molar-refractivity contribution in [2.45, 2.75) is 25.7 Å². The van der Waals surface area contributed by atoms with Gasteiger partial charge in [0.25, 0.3) is 15.9 Å². The first-order valence-electron chi connectivity index (χ1n) is 10.0. The second-order valence-corrected chi connectivity index (χ2v) is 9.58. The Morgan fingerprint density at radius 2 is 1.62 bits per heavy atom. The molecule has 0 spiro atoms. The van der Waals surface area contributed by atoms with Crippen LogP contribution < -0.4 is 14.8 Å². The zero-order chi connectivity index (χ0) is 23.3. The average Bonchev–Trinajstić information content (AvgIpc) is 2.74. The summed E-state index contributed by atoms with van der Waals surface area (Å²) < 4.78 is 33.4. The third kappa shape index (κ3) is 6.02. The van der Waals surface area contributed by atoms with Crippen LogP contribution in [0.3, 0.4) is 0 Å². The van der Waals surface area contributed by atoms with Crippen molar-refractivity contribution in [1.29, 1.82) is 0 Å². The molecule has 0 saturated carbocycles. The summed E-state index contributed by atoms with van der Waals surface area (Å²) in [5.41, 5.74) is 3.54. The Kier molecular flexibility index (Phi) is 7.43. The molecule has 0 radical (unpaired) electrons. The lowest BCUT2D eigenvalue weighted by Gasteiger charge is -2.12. The van der Waals surface area contributed by atoms with Crippen LogP contribution in [-0.4, -0.2) is 27.5 Å². The molecule has 0 bridgehead atoms. The zero-order valence-electron chi connectivity index (χ0n) is 18.1. The molecule has 2 N–H and O–H groups in total. The summed E-state index contributed by atoms with van der Waals surface area (Å²) in [5.74, 6) is 0.339. The average molecular weight is 473 g/mol. The normalized spacial score (nSPS) is 11.1. The van der Waals surface area contributed by atoms with E-state index in [0.29, 0.717) is 0 Å². The molecule has 3 aromatic carbocycles. The van der Waals surface area contributed by atoms with Gasteiger partial charge in [-0.05, 0) is 62.7 Å². The summed E-state index contributed by atoms with van der Waals surface area (Å²) in [6, 6.07) is 16.8. The minimum atomic E-state index is -3.79. The van der Waals surface area contributed by atoms with E-state index >= 15 is 0 Å². The summed E-state index contributed by atoms with van der Waals surface area (Å²) in [6.07, 6.45) is 0. The molecule has 1 amide bonds. The van der Waals surface area contributed by atoms with Crippen LogP contribution >= 0.6 is 11.6 Å². The van der Waals surface area contributed by atoms with Gasteiger partial charge in [0.15, 0.2) is 0 Å². The third-order valence-corrected chi connectivity index (χ3v) is 6.50. The number of nitrogens with one attached hydrogen (secondary N) is 2. The van der Waals surface area contributed by atoms with Crippen LogP contribution in [0.4, 0.5) is 5.69 Å². The highest BCUT2D eigenvalue weighted by Crippen LogP contribution is 2.23. The lowest BCUT2D eigenvalue weighted by Crippen LogP contribution is -2.28. The van der Waals surface area contributed by atoms with E-state index in [1.807, 2.05) is 39.0 Å². The molecular formula is C24H25ClN2O4S. The van der Waals surface area contributed by atoms with Gasteiger partial charge in [0.1, 0.15) is 12.4 Å². The van der Waals surface area contributed by atoms with E-state index in [2.05, 4.69) is 10.0 Å². The molecule has 0 aliphatic heterocycles. The minimum absolute atomic E-state index is 0.132. The number of amides is 1. The van der Waals surface area contributed by atoms with Crippen molar-refractivity contribution in [3.63, 3.8) is 0 Å². The zero-order valence-corrected chi connectivity index (χ0v) is 19.7. The van der Waals surface area contributed by atoms with Gasteiger partial charge >= 0.3 is 0 Å². The molecule has 0 fully saturated rings. The quantitative estimate of drug-likeness (QED) is 0.458. The van der Waals surface area contributed by atoms with Gasteiger partial charge in [0.2, 0.25) is 0 Å². The van der Waals surface area contributed by atoms with Crippen molar-refractivity contribution in [3.05, 3.63) is 87.9 Å². The molecule has 168 valence electrons. The Morgan fingerprint density at radius 3 is 2.31 bits per heavy atom. The first-order chi connectivity index (χ1) is 15.2. The number of halogens is 1. The van der Waals surface area contributed by atoms with Crippen molar-refractivity contribution in [1.82, 2.24) is 5.32 Å². The highest BCUT2D eigenvalue weighted by atomic mass is 35.5. The second kappa shape index (κ2) is 10.1. The Bertz CT molecular complexity index is 1230. The van der Waals surface area contributed by atoms with Crippen LogP contribution in [-0.2, 0) is 10.0 Å². The number of benzene rings is 3. The fourth-order valence-corrected chi connectivity index (χ4v) is 4.33. The van der Waals surface area contributed by atoms with E-state index in [4.69, 9.17) is 16.3 Å². The molecule has 0 aliphatic rings. The van der Waals surface area contributed by atoms with Gasteiger partial charge in [-0.25, -0.2) is 8.42 Å². The lowest BCUT2D eigenvalue weighted by molar-refractivity contribution is 0.0947. The number of hydrogen-bond donors (Lipinski definition) is 2. The van der Waals surface area contributed by atoms with Crippen molar-refractivity contribution in [2.75, 3.05) is 17.9 Å². The number of carbonyl (C=O) groups excluding carboxylic acids is 1. The Morgan fingerprint density at radius 1 is 0.938 bits per heavy atom. The van der Waals surface area contributed by atoms with Crippen molar-refractivity contribution in [3.8, 4) is 5.75 Å². The Labute approximate surface area is 193 Å². The maximum atomic E-state index is 12.6. The van der Waals surface area contributed by atoms with Gasteiger partial charge in [-0.1, -0.05) is 47.0 Å². The molecule has 0 saturated heterocycles. The predicted molar refractivity (Wildman–Crippen MR) is 127 cm³/mol. The molecule has 0 atom stereocenters. The molecule has 6 nitrogen and oxygen atoms in total. The monoisotopic (exact) mass is 472 g/mol. The number of carbonyl (C=O) groups is 1. The fourth-order valence-electron chi connectivity index (χ4n) is 3.08. The Hall–Kier alpha value is -3.03. The first kappa shape index (κ1) is 23.6. The molecule has 3 aromatic rings. The van der Waals surface area contributed by atoms with Crippen molar-refractivity contribution in [2.24, 2.45) is 0 Å².